The van der Waals surface area contributed by atoms with Crippen LogP contribution in [-0.4, -0.2) is 16.1 Å². The molecule has 0 radical (unpaired) electrons. The van der Waals surface area contributed by atoms with E-state index in [-0.39, 0.29) is 6.42 Å². The largest absolute Gasteiger partial charge is 0.481 e. The van der Waals surface area contributed by atoms with Crippen molar-refractivity contribution in [1.82, 2.24) is 4.98 Å². The Bertz CT molecular complexity index is 261. The van der Waals surface area contributed by atoms with E-state index in [1.54, 1.807) is 24.5 Å². The van der Waals surface area contributed by atoms with Gasteiger partial charge in [-0.3, -0.25) is 9.78 Å². The Balaban J connectivity index is 2.65. The van der Waals surface area contributed by atoms with Gasteiger partial charge in [-0.05, 0) is 11.6 Å². The lowest BCUT2D eigenvalue weighted by molar-refractivity contribution is -0.137. The van der Waals surface area contributed by atoms with Crippen molar-refractivity contribution >= 4 is 5.97 Å². The summed E-state index contributed by atoms with van der Waals surface area (Å²) in [5.41, 5.74) is 6.33. The van der Waals surface area contributed by atoms with Crippen molar-refractivity contribution in [2.45, 2.75) is 12.5 Å². The van der Waals surface area contributed by atoms with E-state index >= 15 is 0 Å². The van der Waals surface area contributed by atoms with E-state index in [1.165, 1.54) is 0 Å². The molecule has 12 heavy (non-hydrogen) atoms. The summed E-state index contributed by atoms with van der Waals surface area (Å²) in [5.74, 6) is -0.897. The maximum Gasteiger partial charge on any atom is 0.305 e. The second kappa shape index (κ2) is 3.82. The average molecular weight is 166 g/mol. The lowest BCUT2D eigenvalue weighted by atomic mass is 10.1. The summed E-state index contributed by atoms with van der Waals surface area (Å²) in [6.45, 7) is 0. The number of carbonyl (C=O) groups is 1. The molecule has 1 heterocycles. The number of pyridine rings is 1. The van der Waals surface area contributed by atoms with Gasteiger partial charge in [0.1, 0.15) is 0 Å². The molecule has 3 N–H and O–H groups in total. The molecule has 0 aliphatic carbocycles. The van der Waals surface area contributed by atoms with Crippen LogP contribution in [0.1, 0.15) is 18.0 Å². The fraction of sp³-hybridized carbons (Fsp3) is 0.250. The highest BCUT2D eigenvalue weighted by Crippen LogP contribution is 2.11. The molecule has 0 unspecified atom stereocenters. The Morgan fingerprint density at radius 1 is 1.75 bits per heavy atom. The van der Waals surface area contributed by atoms with Gasteiger partial charge in [0.05, 0.1) is 6.42 Å². The summed E-state index contributed by atoms with van der Waals surface area (Å²) in [6.07, 6.45) is 3.14. The van der Waals surface area contributed by atoms with Gasteiger partial charge in [0.25, 0.3) is 0 Å². The van der Waals surface area contributed by atoms with Gasteiger partial charge in [-0.15, -0.1) is 0 Å². The number of nitrogens with two attached hydrogens (primary N) is 1. The smallest absolute Gasteiger partial charge is 0.305 e. The topological polar surface area (TPSA) is 76.2 Å². The molecule has 0 spiro atoms. The fourth-order valence-electron chi connectivity index (χ4n) is 0.901. The minimum absolute atomic E-state index is 0.0638. The zero-order valence-electron chi connectivity index (χ0n) is 6.47. The highest BCUT2D eigenvalue weighted by molar-refractivity contribution is 5.67. The number of aromatic nitrogens is 1. The monoisotopic (exact) mass is 166 g/mol. The van der Waals surface area contributed by atoms with Gasteiger partial charge >= 0.3 is 5.97 Å². The molecule has 4 heteroatoms. The molecule has 1 aromatic rings. The van der Waals surface area contributed by atoms with Crippen LogP contribution in [0, 0.1) is 0 Å². The molecule has 0 aliphatic heterocycles. The Kier molecular flexibility index (Phi) is 2.76. The molecule has 0 saturated heterocycles. The lowest BCUT2D eigenvalue weighted by Gasteiger charge is -2.07. The first-order chi connectivity index (χ1) is 5.70. The van der Waals surface area contributed by atoms with E-state index in [4.69, 9.17) is 10.8 Å². The SMILES string of the molecule is N[C@@H](CC(=O)O)c1cccnc1. The van der Waals surface area contributed by atoms with Crippen LogP contribution >= 0.6 is 0 Å². The molecular formula is C8H10N2O2. The average Bonchev–Trinajstić information content (AvgIpc) is 2.05. The van der Waals surface area contributed by atoms with Gasteiger partial charge in [-0.2, -0.15) is 0 Å². The van der Waals surface area contributed by atoms with Crippen LogP contribution in [0.5, 0.6) is 0 Å². The summed E-state index contributed by atoms with van der Waals surface area (Å²) in [7, 11) is 0. The van der Waals surface area contributed by atoms with Crippen LogP contribution in [0.15, 0.2) is 24.5 Å². The van der Waals surface area contributed by atoms with Gasteiger partial charge in [0, 0.05) is 18.4 Å². The number of aliphatic carboxylic acids is 1. The second-order valence-electron chi connectivity index (χ2n) is 2.49. The molecule has 4 nitrogen and oxygen atoms in total. The molecule has 1 rings (SSSR count). The molecule has 64 valence electrons. The van der Waals surface area contributed by atoms with Crippen LogP contribution in [0.4, 0.5) is 0 Å². The molecule has 1 aromatic heterocycles. The third-order valence-electron chi connectivity index (χ3n) is 1.51. The predicted molar refractivity (Wildman–Crippen MR) is 43.4 cm³/mol. The summed E-state index contributed by atoms with van der Waals surface area (Å²) in [4.78, 5) is 14.1. The Morgan fingerprint density at radius 2 is 2.50 bits per heavy atom. The van der Waals surface area contributed by atoms with Crippen LogP contribution in [0.2, 0.25) is 0 Å². The van der Waals surface area contributed by atoms with Crippen molar-refractivity contribution in [3.63, 3.8) is 0 Å². The highest BCUT2D eigenvalue weighted by Gasteiger charge is 2.09. The van der Waals surface area contributed by atoms with Crippen molar-refractivity contribution in [2.24, 2.45) is 5.73 Å². The van der Waals surface area contributed by atoms with Crippen LogP contribution < -0.4 is 5.73 Å². The summed E-state index contributed by atoms with van der Waals surface area (Å²) >= 11 is 0. The van der Waals surface area contributed by atoms with Crippen molar-refractivity contribution in [2.75, 3.05) is 0 Å². The summed E-state index contributed by atoms with van der Waals surface area (Å²) in [6, 6.07) is 3.04. The van der Waals surface area contributed by atoms with Gasteiger partial charge in [-0.1, -0.05) is 6.07 Å². The third-order valence-corrected chi connectivity index (χ3v) is 1.51. The standard InChI is InChI=1S/C8H10N2O2/c9-7(4-8(11)12)6-2-1-3-10-5-6/h1-3,5,7H,4,9H2,(H,11,12)/t7-/m0/s1. The van der Waals surface area contributed by atoms with Crippen molar-refractivity contribution in [3.05, 3.63) is 30.1 Å². The predicted octanol–water partition coefficient (Wildman–Crippen LogP) is 0.556. The quantitative estimate of drug-likeness (QED) is 0.687. The maximum atomic E-state index is 10.3. The Hall–Kier alpha value is -1.42. The van der Waals surface area contributed by atoms with Crippen LogP contribution in [0.3, 0.4) is 0 Å². The molecule has 0 fully saturated rings. The number of hydrogen-bond donors (Lipinski definition) is 2. The van der Waals surface area contributed by atoms with E-state index < -0.39 is 12.0 Å². The van der Waals surface area contributed by atoms with Crippen molar-refractivity contribution in [1.29, 1.82) is 0 Å². The maximum absolute atomic E-state index is 10.3. The molecular weight excluding hydrogens is 156 g/mol. The minimum atomic E-state index is -0.897. The normalized spacial score (nSPS) is 12.4. The first-order valence-electron chi connectivity index (χ1n) is 3.57. The molecule has 0 amide bonds. The van der Waals surface area contributed by atoms with E-state index in [2.05, 4.69) is 4.98 Å². The van der Waals surface area contributed by atoms with Gasteiger partial charge < -0.3 is 10.8 Å². The van der Waals surface area contributed by atoms with Crippen LogP contribution in [-0.2, 0) is 4.79 Å². The first kappa shape index (κ1) is 8.67. The highest BCUT2D eigenvalue weighted by atomic mass is 16.4. The number of carboxylic acid groups (broad SMARTS) is 1. The number of hydrogen-bond acceptors (Lipinski definition) is 3. The third kappa shape index (κ3) is 2.32. The van der Waals surface area contributed by atoms with Crippen molar-refractivity contribution in [3.8, 4) is 0 Å². The van der Waals surface area contributed by atoms with Gasteiger partial charge in [0.15, 0.2) is 0 Å². The van der Waals surface area contributed by atoms with Gasteiger partial charge in [0.2, 0.25) is 0 Å². The molecule has 0 aliphatic rings. The van der Waals surface area contributed by atoms with Crippen LogP contribution in [0.25, 0.3) is 0 Å². The van der Waals surface area contributed by atoms with Crippen molar-refractivity contribution < 1.29 is 9.90 Å². The van der Waals surface area contributed by atoms with E-state index in [1.807, 2.05) is 0 Å². The number of carboxylic acids is 1. The molecule has 1 atom stereocenters. The second-order valence-corrected chi connectivity index (χ2v) is 2.49. The number of nitrogens with zero attached hydrogens (tertiary/aromatic N) is 1. The first-order valence-corrected chi connectivity index (χ1v) is 3.57. The van der Waals surface area contributed by atoms with E-state index in [0.29, 0.717) is 0 Å². The van der Waals surface area contributed by atoms with E-state index in [9.17, 15) is 4.79 Å². The molecule has 0 bridgehead atoms. The Labute approximate surface area is 70.0 Å². The minimum Gasteiger partial charge on any atom is -0.481 e. The summed E-state index contributed by atoms with van der Waals surface area (Å²) < 4.78 is 0. The molecule has 0 aromatic carbocycles. The number of rotatable bonds is 3. The fourth-order valence-corrected chi connectivity index (χ4v) is 0.901. The molecule has 0 saturated carbocycles. The Morgan fingerprint density at radius 3 is 3.00 bits per heavy atom. The van der Waals surface area contributed by atoms with E-state index in [0.717, 1.165) is 5.56 Å². The zero-order valence-corrected chi connectivity index (χ0v) is 6.47. The lowest BCUT2D eigenvalue weighted by Crippen LogP contribution is -2.14. The zero-order chi connectivity index (χ0) is 8.97. The summed E-state index contributed by atoms with van der Waals surface area (Å²) in [5, 5.41) is 8.44. The van der Waals surface area contributed by atoms with Gasteiger partial charge in [-0.25, -0.2) is 0 Å².